The minimum atomic E-state index is -3.81. The van der Waals surface area contributed by atoms with Gasteiger partial charge >= 0.3 is 10.2 Å². The van der Waals surface area contributed by atoms with Gasteiger partial charge in [0.2, 0.25) is 5.91 Å². The molecule has 1 atom stereocenters. The Balaban J connectivity index is 2.37. The Hall–Kier alpha value is -1.67. The molecular formula is C15H22FN3O3S. The molecule has 1 unspecified atom stereocenters. The molecule has 2 rings (SSSR count). The van der Waals surface area contributed by atoms with Crippen LogP contribution in [0.5, 0.6) is 0 Å². The Morgan fingerprint density at radius 3 is 2.57 bits per heavy atom. The van der Waals surface area contributed by atoms with Crippen molar-refractivity contribution in [2.75, 3.05) is 17.4 Å². The zero-order valence-electron chi connectivity index (χ0n) is 13.5. The van der Waals surface area contributed by atoms with Crippen molar-refractivity contribution in [3.8, 4) is 0 Å². The number of anilines is 1. The van der Waals surface area contributed by atoms with Gasteiger partial charge in [0, 0.05) is 19.1 Å². The number of halogens is 1. The molecule has 23 heavy (non-hydrogen) atoms. The fourth-order valence-electron chi connectivity index (χ4n) is 2.76. The van der Waals surface area contributed by atoms with Crippen molar-refractivity contribution in [1.82, 2.24) is 4.31 Å². The Bertz CT molecular complexity index is 706. The summed E-state index contributed by atoms with van der Waals surface area (Å²) < 4.78 is 41.9. The summed E-state index contributed by atoms with van der Waals surface area (Å²) in [7, 11) is -3.81. The van der Waals surface area contributed by atoms with E-state index in [0.717, 1.165) is 0 Å². The highest BCUT2D eigenvalue weighted by molar-refractivity contribution is 7.90. The molecular weight excluding hydrogens is 321 g/mol. The van der Waals surface area contributed by atoms with Gasteiger partial charge in [-0.2, -0.15) is 12.7 Å². The summed E-state index contributed by atoms with van der Waals surface area (Å²) in [6.07, 6.45) is 0.420. The van der Waals surface area contributed by atoms with Gasteiger partial charge in [-0.05, 0) is 51.0 Å². The first-order valence-electron chi connectivity index (χ1n) is 7.49. The van der Waals surface area contributed by atoms with Gasteiger partial charge in [0.1, 0.15) is 5.82 Å². The van der Waals surface area contributed by atoms with Crippen LogP contribution < -0.4 is 10.0 Å². The van der Waals surface area contributed by atoms with Gasteiger partial charge in [0.25, 0.3) is 0 Å². The van der Waals surface area contributed by atoms with Gasteiger partial charge in [0.15, 0.2) is 0 Å². The molecule has 6 nitrogen and oxygen atoms in total. The number of carbonyl (C=O) groups excluding carboxylic acids is 1. The second-order valence-corrected chi connectivity index (χ2v) is 7.88. The number of nitrogens with zero attached hydrogens (tertiary/aromatic N) is 2. The highest BCUT2D eigenvalue weighted by Crippen LogP contribution is 2.28. The number of aryl methyl sites for hydroxylation is 1. The molecule has 2 N–H and O–H groups in total. The zero-order chi connectivity index (χ0) is 17.4. The summed E-state index contributed by atoms with van der Waals surface area (Å²) in [5.41, 5.74) is 6.05. The van der Waals surface area contributed by atoms with Crippen LogP contribution in [-0.2, 0) is 15.0 Å². The van der Waals surface area contributed by atoms with Crippen LogP contribution in [0.3, 0.4) is 0 Å². The standard InChI is InChI=1S/C15H22FN3O3S/c1-10(2)19(13-4-5-14(16)11(3)8-13)23(21,22)18-7-6-12(9-18)15(17)20/h4-5,8,10,12H,6-7,9H2,1-3H3,(H2,17,20). The maximum Gasteiger partial charge on any atom is 0.304 e. The van der Waals surface area contributed by atoms with Crippen molar-refractivity contribution in [3.63, 3.8) is 0 Å². The van der Waals surface area contributed by atoms with Gasteiger partial charge in [-0.3, -0.25) is 9.10 Å². The van der Waals surface area contributed by atoms with E-state index in [-0.39, 0.29) is 24.9 Å². The van der Waals surface area contributed by atoms with Crippen molar-refractivity contribution in [1.29, 1.82) is 0 Å². The van der Waals surface area contributed by atoms with Crippen LogP contribution in [-0.4, -0.2) is 37.8 Å². The van der Waals surface area contributed by atoms with Crippen LogP contribution in [0.4, 0.5) is 10.1 Å². The quantitative estimate of drug-likeness (QED) is 0.877. The van der Waals surface area contributed by atoms with Crippen LogP contribution in [0.15, 0.2) is 18.2 Å². The minimum absolute atomic E-state index is 0.0844. The van der Waals surface area contributed by atoms with Crippen LogP contribution >= 0.6 is 0 Å². The molecule has 0 aromatic heterocycles. The van der Waals surface area contributed by atoms with Crippen LogP contribution in [0.25, 0.3) is 0 Å². The molecule has 1 aromatic carbocycles. The smallest absolute Gasteiger partial charge is 0.304 e. The van der Waals surface area contributed by atoms with E-state index >= 15 is 0 Å². The van der Waals surface area contributed by atoms with E-state index in [0.29, 0.717) is 17.7 Å². The lowest BCUT2D eigenvalue weighted by Gasteiger charge is -2.32. The van der Waals surface area contributed by atoms with Crippen molar-refractivity contribution >= 4 is 21.8 Å². The number of carbonyl (C=O) groups is 1. The SMILES string of the molecule is Cc1cc(N(C(C)C)S(=O)(=O)N2CCC(C(N)=O)C2)ccc1F. The average Bonchev–Trinajstić information content (AvgIpc) is 2.93. The molecule has 1 heterocycles. The number of hydrogen-bond acceptors (Lipinski definition) is 3. The summed E-state index contributed by atoms with van der Waals surface area (Å²) in [6.45, 7) is 5.42. The first kappa shape index (κ1) is 17.7. The summed E-state index contributed by atoms with van der Waals surface area (Å²) in [4.78, 5) is 11.3. The van der Waals surface area contributed by atoms with E-state index in [1.165, 1.54) is 26.8 Å². The first-order valence-corrected chi connectivity index (χ1v) is 8.89. The number of amides is 1. The van der Waals surface area contributed by atoms with Crippen LogP contribution in [0, 0.1) is 18.7 Å². The average molecular weight is 343 g/mol. The number of primary amides is 1. The summed E-state index contributed by atoms with van der Waals surface area (Å²) in [5.74, 6) is -1.34. The lowest BCUT2D eigenvalue weighted by Crippen LogP contribution is -2.46. The Morgan fingerprint density at radius 2 is 2.09 bits per heavy atom. The molecule has 1 saturated heterocycles. The van der Waals surface area contributed by atoms with E-state index in [2.05, 4.69) is 0 Å². The molecule has 128 valence electrons. The van der Waals surface area contributed by atoms with Gasteiger partial charge in [-0.1, -0.05) is 0 Å². The van der Waals surface area contributed by atoms with Crippen LogP contribution in [0.2, 0.25) is 0 Å². The zero-order valence-corrected chi connectivity index (χ0v) is 14.3. The predicted molar refractivity (Wildman–Crippen MR) is 86.5 cm³/mol. The summed E-state index contributed by atoms with van der Waals surface area (Å²) in [5, 5.41) is 0. The van der Waals surface area contributed by atoms with E-state index < -0.39 is 22.0 Å². The molecule has 0 radical (unpaired) electrons. The maximum absolute atomic E-state index is 13.5. The molecule has 0 saturated carbocycles. The third kappa shape index (κ3) is 3.48. The molecule has 1 amide bonds. The van der Waals surface area contributed by atoms with Crippen LogP contribution in [0.1, 0.15) is 25.8 Å². The predicted octanol–water partition coefficient (Wildman–Crippen LogP) is 1.40. The molecule has 0 spiro atoms. The molecule has 8 heteroatoms. The van der Waals surface area contributed by atoms with E-state index in [1.807, 2.05) is 0 Å². The molecule has 1 fully saturated rings. The van der Waals surface area contributed by atoms with E-state index in [4.69, 9.17) is 5.73 Å². The highest BCUT2D eigenvalue weighted by Gasteiger charge is 2.38. The van der Waals surface area contributed by atoms with E-state index in [1.54, 1.807) is 20.8 Å². The fourth-order valence-corrected chi connectivity index (χ4v) is 4.62. The topological polar surface area (TPSA) is 83.7 Å². The highest BCUT2D eigenvalue weighted by atomic mass is 32.2. The third-order valence-corrected chi connectivity index (χ3v) is 6.11. The third-order valence-electron chi connectivity index (χ3n) is 3.99. The summed E-state index contributed by atoms with van der Waals surface area (Å²) >= 11 is 0. The molecule has 0 bridgehead atoms. The minimum Gasteiger partial charge on any atom is -0.369 e. The van der Waals surface area contributed by atoms with Crippen molar-refractivity contribution in [2.24, 2.45) is 11.7 Å². The number of hydrogen-bond donors (Lipinski definition) is 1. The van der Waals surface area contributed by atoms with Crippen molar-refractivity contribution < 1.29 is 17.6 Å². The van der Waals surface area contributed by atoms with Gasteiger partial charge in [-0.15, -0.1) is 0 Å². The monoisotopic (exact) mass is 343 g/mol. The van der Waals surface area contributed by atoms with E-state index in [9.17, 15) is 17.6 Å². The normalized spacial score (nSPS) is 19.3. The first-order chi connectivity index (χ1) is 10.6. The summed E-state index contributed by atoms with van der Waals surface area (Å²) in [6, 6.07) is 3.86. The van der Waals surface area contributed by atoms with Gasteiger partial charge in [-0.25, -0.2) is 4.39 Å². The lowest BCUT2D eigenvalue weighted by atomic mass is 10.1. The van der Waals surface area contributed by atoms with Gasteiger partial charge < -0.3 is 5.73 Å². The largest absolute Gasteiger partial charge is 0.369 e. The van der Waals surface area contributed by atoms with Gasteiger partial charge in [0.05, 0.1) is 11.6 Å². The maximum atomic E-state index is 13.5. The molecule has 1 aromatic rings. The molecule has 1 aliphatic heterocycles. The molecule has 1 aliphatic rings. The Morgan fingerprint density at radius 1 is 1.43 bits per heavy atom. The lowest BCUT2D eigenvalue weighted by molar-refractivity contribution is -0.121. The Kier molecular flexibility index (Phi) is 4.95. The second kappa shape index (κ2) is 6.45. The van der Waals surface area contributed by atoms with Crippen molar-refractivity contribution in [3.05, 3.63) is 29.6 Å². The molecule has 0 aliphatic carbocycles. The second-order valence-electron chi connectivity index (χ2n) is 6.08. The van der Waals surface area contributed by atoms with Crippen molar-refractivity contribution in [2.45, 2.75) is 33.2 Å². The number of rotatable bonds is 5. The number of benzene rings is 1. The fraction of sp³-hybridized carbons (Fsp3) is 0.533. The number of nitrogens with two attached hydrogens (primary N) is 1. The Labute approximate surface area is 136 Å².